The summed E-state index contributed by atoms with van der Waals surface area (Å²) in [5.74, 6) is 0.896. The molecule has 1 aromatic carbocycles. The van der Waals surface area contributed by atoms with E-state index in [1.165, 1.54) is 17.3 Å². The predicted octanol–water partition coefficient (Wildman–Crippen LogP) is 3.32. The molecule has 0 radical (unpaired) electrons. The van der Waals surface area contributed by atoms with Crippen LogP contribution in [0.1, 0.15) is 41.8 Å². The zero-order valence-corrected chi connectivity index (χ0v) is 17.0. The van der Waals surface area contributed by atoms with E-state index in [9.17, 15) is 4.79 Å². The molecular weight excluding hydrogens is 358 g/mol. The fraction of sp³-hybridized carbons (Fsp3) is 0.400. The molecule has 6 nitrogen and oxygen atoms in total. The highest BCUT2D eigenvalue weighted by Gasteiger charge is 2.17. The van der Waals surface area contributed by atoms with Crippen LogP contribution in [0, 0.1) is 13.8 Å². The van der Waals surface area contributed by atoms with Crippen molar-refractivity contribution < 1.29 is 4.79 Å². The highest BCUT2D eigenvalue weighted by atomic mass is 32.2. The van der Waals surface area contributed by atoms with E-state index in [4.69, 9.17) is 0 Å². The number of carbonyl (C=O) groups excluding carboxylic acids is 1. The Labute approximate surface area is 163 Å². The van der Waals surface area contributed by atoms with Crippen LogP contribution in [0.25, 0.3) is 5.78 Å². The summed E-state index contributed by atoms with van der Waals surface area (Å²) >= 11 is 1.48. The minimum atomic E-state index is 0.00179. The van der Waals surface area contributed by atoms with Gasteiger partial charge in [0.25, 0.3) is 5.78 Å². The van der Waals surface area contributed by atoms with Crippen molar-refractivity contribution in [3.63, 3.8) is 0 Å². The number of aromatic nitrogens is 4. The molecular formula is C20H25N5OS. The molecule has 2 aromatic heterocycles. The van der Waals surface area contributed by atoms with Gasteiger partial charge in [-0.2, -0.15) is 4.98 Å². The quantitative estimate of drug-likeness (QED) is 0.634. The molecule has 0 bridgehead atoms. The van der Waals surface area contributed by atoms with Crippen molar-refractivity contribution in [1.29, 1.82) is 0 Å². The van der Waals surface area contributed by atoms with E-state index < -0.39 is 0 Å². The molecule has 1 N–H and O–H groups in total. The maximum absolute atomic E-state index is 12.6. The fourth-order valence-corrected chi connectivity index (χ4v) is 3.55. The van der Waals surface area contributed by atoms with Crippen LogP contribution in [-0.4, -0.2) is 38.3 Å². The summed E-state index contributed by atoms with van der Waals surface area (Å²) in [5.41, 5.74) is 3.90. The number of rotatable bonds is 7. The Hall–Kier alpha value is -2.41. The molecule has 1 amide bonds. The van der Waals surface area contributed by atoms with Gasteiger partial charge in [-0.15, -0.1) is 5.10 Å². The number of hydrogen-bond donors (Lipinski definition) is 1. The van der Waals surface area contributed by atoms with Crippen LogP contribution in [0.15, 0.2) is 35.5 Å². The normalized spacial score (nSPS) is 12.3. The lowest BCUT2D eigenvalue weighted by atomic mass is 9.96. The molecule has 1 unspecified atom stereocenters. The summed E-state index contributed by atoms with van der Waals surface area (Å²) in [6.07, 6.45) is 3.20. The van der Waals surface area contributed by atoms with E-state index in [2.05, 4.69) is 39.4 Å². The number of aryl methyl sites for hydroxylation is 2. The largest absolute Gasteiger partial charge is 0.355 e. The molecule has 0 saturated carbocycles. The minimum Gasteiger partial charge on any atom is -0.355 e. The minimum absolute atomic E-state index is 0.00179. The van der Waals surface area contributed by atoms with Crippen LogP contribution in [0.2, 0.25) is 0 Å². The first-order chi connectivity index (χ1) is 13.0. The molecule has 2 heterocycles. The second kappa shape index (κ2) is 8.52. The zero-order chi connectivity index (χ0) is 19.4. The standard InChI is InChI=1S/C20H25N5OS/c1-5-15(16-9-7-6-8-10-16)12-21-18(26)11-17-13(2)22-19-23-20(27-4)24-25(19)14(17)3/h6-10,15H,5,11-12H2,1-4H3,(H,21,26). The summed E-state index contributed by atoms with van der Waals surface area (Å²) in [6.45, 7) is 6.65. The SMILES string of the molecule is CCC(CNC(=O)Cc1c(C)nc2nc(SC)nn2c1C)c1ccccc1. The second-order valence-electron chi connectivity index (χ2n) is 6.57. The van der Waals surface area contributed by atoms with Crippen molar-refractivity contribution >= 4 is 23.4 Å². The molecule has 3 aromatic rings. The third-order valence-electron chi connectivity index (χ3n) is 4.86. The van der Waals surface area contributed by atoms with Crippen molar-refractivity contribution in [2.45, 2.75) is 44.7 Å². The van der Waals surface area contributed by atoms with Gasteiger partial charge in [-0.1, -0.05) is 49.0 Å². The van der Waals surface area contributed by atoms with E-state index in [0.717, 1.165) is 23.4 Å². The van der Waals surface area contributed by atoms with E-state index >= 15 is 0 Å². The number of nitrogens with zero attached hydrogens (tertiary/aromatic N) is 4. The highest BCUT2D eigenvalue weighted by Crippen LogP contribution is 2.19. The van der Waals surface area contributed by atoms with E-state index in [-0.39, 0.29) is 5.91 Å². The molecule has 0 aliphatic rings. The molecule has 142 valence electrons. The number of fused-ring (bicyclic) bond motifs is 1. The van der Waals surface area contributed by atoms with Crippen LogP contribution in [0.4, 0.5) is 0 Å². The van der Waals surface area contributed by atoms with Gasteiger partial charge in [0, 0.05) is 29.4 Å². The molecule has 1 atom stereocenters. The van der Waals surface area contributed by atoms with Crippen molar-refractivity contribution in [3.05, 3.63) is 52.8 Å². The summed E-state index contributed by atoms with van der Waals surface area (Å²) < 4.78 is 1.72. The number of benzene rings is 1. The molecule has 0 aliphatic carbocycles. The smallest absolute Gasteiger partial charge is 0.253 e. The second-order valence-corrected chi connectivity index (χ2v) is 7.34. The molecule has 0 fully saturated rings. The number of carbonyl (C=O) groups is 1. The first-order valence-electron chi connectivity index (χ1n) is 9.12. The molecule has 0 spiro atoms. The van der Waals surface area contributed by atoms with Gasteiger partial charge < -0.3 is 5.32 Å². The van der Waals surface area contributed by atoms with Gasteiger partial charge in [-0.3, -0.25) is 4.79 Å². The summed E-state index contributed by atoms with van der Waals surface area (Å²) in [6, 6.07) is 10.3. The highest BCUT2D eigenvalue weighted by molar-refractivity contribution is 7.98. The van der Waals surface area contributed by atoms with Crippen LogP contribution >= 0.6 is 11.8 Å². The average Bonchev–Trinajstić information content (AvgIpc) is 3.09. The lowest BCUT2D eigenvalue weighted by Crippen LogP contribution is -2.30. The molecule has 0 aliphatic heterocycles. The molecule has 7 heteroatoms. The third kappa shape index (κ3) is 4.30. The Morgan fingerprint density at radius 3 is 2.63 bits per heavy atom. The third-order valence-corrected chi connectivity index (χ3v) is 5.40. The average molecular weight is 384 g/mol. The zero-order valence-electron chi connectivity index (χ0n) is 16.2. The number of thioether (sulfide) groups is 1. The van der Waals surface area contributed by atoms with Crippen molar-refractivity contribution in [3.8, 4) is 0 Å². The van der Waals surface area contributed by atoms with Gasteiger partial charge in [0.15, 0.2) is 0 Å². The predicted molar refractivity (Wildman–Crippen MR) is 108 cm³/mol. The molecule has 27 heavy (non-hydrogen) atoms. The lowest BCUT2D eigenvalue weighted by Gasteiger charge is -2.17. The lowest BCUT2D eigenvalue weighted by molar-refractivity contribution is -0.120. The Kier molecular flexibility index (Phi) is 6.11. The first-order valence-corrected chi connectivity index (χ1v) is 10.3. The Balaban J connectivity index is 1.72. The van der Waals surface area contributed by atoms with Gasteiger partial charge >= 0.3 is 0 Å². The molecule has 3 rings (SSSR count). The van der Waals surface area contributed by atoms with Gasteiger partial charge in [0.05, 0.1) is 6.42 Å². The van der Waals surface area contributed by atoms with Gasteiger partial charge in [-0.25, -0.2) is 9.50 Å². The van der Waals surface area contributed by atoms with Gasteiger partial charge in [0.2, 0.25) is 11.1 Å². The van der Waals surface area contributed by atoms with Crippen LogP contribution in [0.3, 0.4) is 0 Å². The number of hydrogen-bond acceptors (Lipinski definition) is 5. The molecule has 0 saturated heterocycles. The maximum Gasteiger partial charge on any atom is 0.253 e. The first kappa shape index (κ1) is 19.4. The Morgan fingerprint density at radius 2 is 1.96 bits per heavy atom. The van der Waals surface area contributed by atoms with E-state index in [1.807, 2.05) is 38.3 Å². The monoisotopic (exact) mass is 383 g/mol. The van der Waals surface area contributed by atoms with Crippen LogP contribution in [0.5, 0.6) is 0 Å². The van der Waals surface area contributed by atoms with Crippen LogP contribution < -0.4 is 5.32 Å². The van der Waals surface area contributed by atoms with Gasteiger partial charge in [0.1, 0.15) is 0 Å². The summed E-state index contributed by atoms with van der Waals surface area (Å²) in [5, 5.41) is 8.21. The van der Waals surface area contributed by atoms with Crippen molar-refractivity contribution in [2.75, 3.05) is 12.8 Å². The van der Waals surface area contributed by atoms with Crippen molar-refractivity contribution in [1.82, 2.24) is 24.9 Å². The Bertz CT molecular complexity index is 938. The summed E-state index contributed by atoms with van der Waals surface area (Å²) in [7, 11) is 0. The fourth-order valence-electron chi connectivity index (χ4n) is 3.22. The topological polar surface area (TPSA) is 72.2 Å². The Morgan fingerprint density at radius 1 is 1.22 bits per heavy atom. The summed E-state index contributed by atoms with van der Waals surface area (Å²) in [4.78, 5) is 21.5. The van der Waals surface area contributed by atoms with E-state index in [1.54, 1.807) is 4.52 Å². The van der Waals surface area contributed by atoms with Crippen molar-refractivity contribution in [2.24, 2.45) is 0 Å². The van der Waals surface area contributed by atoms with E-state index in [0.29, 0.717) is 29.8 Å². The number of nitrogens with one attached hydrogen (secondary N) is 1. The maximum atomic E-state index is 12.6. The number of amides is 1. The van der Waals surface area contributed by atoms with Crippen LogP contribution in [-0.2, 0) is 11.2 Å². The van der Waals surface area contributed by atoms with Gasteiger partial charge in [-0.05, 0) is 32.1 Å².